The van der Waals surface area contributed by atoms with Crippen molar-refractivity contribution in [2.24, 2.45) is 0 Å². The molecule has 0 bridgehead atoms. The van der Waals surface area contributed by atoms with Gasteiger partial charge < -0.3 is 10.1 Å². The molecule has 0 spiro atoms. The van der Waals surface area contributed by atoms with Gasteiger partial charge in [-0.2, -0.15) is 0 Å². The number of thioether (sulfide) groups is 1. The van der Waals surface area contributed by atoms with Gasteiger partial charge in [0.05, 0.1) is 23.8 Å². The van der Waals surface area contributed by atoms with Gasteiger partial charge in [-0.3, -0.25) is 14.2 Å². The number of hydrogen-bond acceptors (Lipinski definition) is 8. The van der Waals surface area contributed by atoms with Gasteiger partial charge in [-0.15, -0.1) is 22.7 Å². The molecule has 0 aliphatic carbocycles. The van der Waals surface area contributed by atoms with Crippen LogP contribution in [0, 0.1) is 0 Å². The standard InChI is InChI=1S/C23H21N3O4S3/c1-3-26-21(28)19-16(17-5-4-10-31-17)12-32-20(19)25-23(26)33-13-18(27)24-11-14-6-8-15(9-7-14)22(29)30-2/h4-10,12H,3,11,13H2,1-2H3,(H,24,27). The number of nitrogens with zero attached hydrogens (tertiary/aromatic N) is 2. The smallest absolute Gasteiger partial charge is 0.337 e. The van der Waals surface area contributed by atoms with E-state index in [4.69, 9.17) is 0 Å². The molecule has 0 saturated heterocycles. The normalized spacial score (nSPS) is 11.0. The lowest BCUT2D eigenvalue weighted by molar-refractivity contribution is -0.118. The fraction of sp³-hybridized carbons (Fsp3) is 0.217. The molecule has 0 saturated carbocycles. The summed E-state index contributed by atoms with van der Waals surface area (Å²) >= 11 is 4.28. The number of nitrogens with one attached hydrogen (secondary N) is 1. The highest BCUT2D eigenvalue weighted by Gasteiger charge is 2.18. The second-order valence-corrected chi connectivity index (χ2v) is 9.75. The maximum Gasteiger partial charge on any atom is 0.337 e. The quantitative estimate of drug-likeness (QED) is 0.220. The Morgan fingerprint density at radius 3 is 2.64 bits per heavy atom. The largest absolute Gasteiger partial charge is 0.465 e. The molecule has 1 N–H and O–H groups in total. The summed E-state index contributed by atoms with van der Waals surface area (Å²) < 4.78 is 6.30. The number of hydrogen-bond donors (Lipinski definition) is 1. The van der Waals surface area contributed by atoms with Crippen molar-refractivity contribution in [1.82, 2.24) is 14.9 Å². The van der Waals surface area contributed by atoms with Crippen LogP contribution in [0.2, 0.25) is 0 Å². The van der Waals surface area contributed by atoms with E-state index in [1.54, 1.807) is 40.2 Å². The Morgan fingerprint density at radius 2 is 1.97 bits per heavy atom. The SMILES string of the molecule is CCn1c(SCC(=O)NCc2ccc(C(=O)OC)cc2)nc2scc(-c3cccs3)c2c1=O. The molecule has 0 atom stereocenters. The molecule has 3 heterocycles. The molecule has 0 aliphatic rings. The number of carbonyl (C=O) groups is 2. The maximum absolute atomic E-state index is 13.2. The minimum Gasteiger partial charge on any atom is -0.465 e. The van der Waals surface area contributed by atoms with E-state index < -0.39 is 5.97 Å². The Balaban J connectivity index is 1.44. The molecule has 3 aromatic heterocycles. The first-order chi connectivity index (χ1) is 16.0. The van der Waals surface area contributed by atoms with Crippen molar-refractivity contribution in [3.63, 3.8) is 0 Å². The first-order valence-electron chi connectivity index (χ1n) is 10.1. The Morgan fingerprint density at radius 1 is 1.18 bits per heavy atom. The molecule has 0 aliphatic heterocycles. The predicted octanol–water partition coefficient (Wildman–Crippen LogP) is 4.40. The number of thiophene rings is 2. The first-order valence-corrected chi connectivity index (χ1v) is 12.9. The van der Waals surface area contributed by atoms with Crippen molar-refractivity contribution in [1.29, 1.82) is 0 Å². The van der Waals surface area contributed by atoms with Crippen molar-refractivity contribution in [3.8, 4) is 10.4 Å². The van der Waals surface area contributed by atoms with E-state index in [2.05, 4.69) is 15.0 Å². The van der Waals surface area contributed by atoms with E-state index in [1.165, 1.54) is 30.2 Å². The number of fused-ring (bicyclic) bond motifs is 1. The van der Waals surface area contributed by atoms with Gasteiger partial charge in [-0.25, -0.2) is 9.78 Å². The summed E-state index contributed by atoms with van der Waals surface area (Å²) in [5.41, 5.74) is 2.15. The number of carbonyl (C=O) groups excluding carboxylic acids is 2. The van der Waals surface area contributed by atoms with Crippen molar-refractivity contribution in [2.75, 3.05) is 12.9 Å². The molecule has 0 unspecified atom stereocenters. The number of amides is 1. The van der Waals surface area contributed by atoms with Gasteiger partial charge in [0.15, 0.2) is 5.16 Å². The Kier molecular flexibility index (Phi) is 7.26. The number of methoxy groups -OCH3 is 1. The average Bonchev–Trinajstić information content (AvgIpc) is 3.51. The topological polar surface area (TPSA) is 90.3 Å². The van der Waals surface area contributed by atoms with Crippen LogP contribution < -0.4 is 10.9 Å². The minimum absolute atomic E-state index is 0.0826. The highest BCUT2D eigenvalue weighted by atomic mass is 32.2. The lowest BCUT2D eigenvalue weighted by Gasteiger charge is -2.10. The van der Waals surface area contributed by atoms with Crippen LogP contribution in [0.1, 0.15) is 22.8 Å². The number of benzene rings is 1. The van der Waals surface area contributed by atoms with Crippen molar-refractivity contribution >= 4 is 56.5 Å². The number of esters is 1. The van der Waals surface area contributed by atoms with E-state index in [-0.39, 0.29) is 17.2 Å². The molecular formula is C23H21N3O4S3. The van der Waals surface area contributed by atoms with Crippen LogP contribution in [0.3, 0.4) is 0 Å². The summed E-state index contributed by atoms with van der Waals surface area (Å²) in [7, 11) is 1.33. The zero-order valence-electron chi connectivity index (χ0n) is 18.0. The molecule has 10 heteroatoms. The predicted molar refractivity (Wildman–Crippen MR) is 133 cm³/mol. The maximum atomic E-state index is 13.2. The third kappa shape index (κ3) is 5.02. The number of rotatable bonds is 8. The van der Waals surface area contributed by atoms with E-state index in [0.717, 1.165) is 16.0 Å². The number of aromatic nitrogens is 2. The first kappa shape index (κ1) is 23.2. The monoisotopic (exact) mass is 499 g/mol. The van der Waals surface area contributed by atoms with Crippen molar-refractivity contribution in [3.05, 3.63) is 68.6 Å². The summed E-state index contributed by atoms with van der Waals surface area (Å²) in [6.07, 6.45) is 0. The van der Waals surface area contributed by atoms with E-state index in [9.17, 15) is 14.4 Å². The second-order valence-electron chi connectivity index (χ2n) is 7.00. The summed E-state index contributed by atoms with van der Waals surface area (Å²) in [5.74, 6) is -0.428. The molecule has 4 aromatic rings. The van der Waals surface area contributed by atoms with Crippen LogP contribution >= 0.6 is 34.4 Å². The van der Waals surface area contributed by atoms with Gasteiger partial charge in [0.25, 0.3) is 5.56 Å². The second kappa shape index (κ2) is 10.3. The van der Waals surface area contributed by atoms with Crippen LogP contribution in [0.5, 0.6) is 0 Å². The highest BCUT2D eigenvalue weighted by Crippen LogP contribution is 2.34. The van der Waals surface area contributed by atoms with Crippen LogP contribution in [0.25, 0.3) is 20.7 Å². The molecule has 1 aromatic carbocycles. The van der Waals surface area contributed by atoms with Gasteiger partial charge in [-0.1, -0.05) is 30.0 Å². The van der Waals surface area contributed by atoms with Crippen LogP contribution in [-0.4, -0.2) is 34.3 Å². The lowest BCUT2D eigenvalue weighted by Crippen LogP contribution is -2.26. The molecular weight excluding hydrogens is 478 g/mol. The summed E-state index contributed by atoms with van der Waals surface area (Å²) in [6, 6.07) is 10.8. The van der Waals surface area contributed by atoms with Gasteiger partial charge in [0.1, 0.15) is 4.83 Å². The van der Waals surface area contributed by atoms with E-state index >= 15 is 0 Å². The molecule has 0 radical (unpaired) electrons. The summed E-state index contributed by atoms with van der Waals surface area (Å²) in [4.78, 5) is 43.5. The highest BCUT2D eigenvalue weighted by molar-refractivity contribution is 7.99. The minimum atomic E-state index is -0.401. The average molecular weight is 500 g/mol. The summed E-state index contributed by atoms with van der Waals surface area (Å²) in [6.45, 7) is 2.70. The Bertz CT molecular complexity index is 1340. The van der Waals surface area contributed by atoms with Crippen LogP contribution in [-0.2, 0) is 22.6 Å². The van der Waals surface area contributed by atoms with Gasteiger partial charge >= 0.3 is 5.97 Å². The van der Waals surface area contributed by atoms with Gasteiger partial charge in [-0.05, 0) is 36.1 Å². The zero-order valence-corrected chi connectivity index (χ0v) is 20.4. The molecule has 1 amide bonds. The summed E-state index contributed by atoms with van der Waals surface area (Å²) in [5, 5.41) is 7.98. The fourth-order valence-electron chi connectivity index (χ4n) is 3.27. The molecule has 170 valence electrons. The fourth-order valence-corrected chi connectivity index (χ4v) is 5.96. The molecule has 33 heavy (non-hydrogen) atoms. The van der Waals surface area contributed by atoms with Gasteiger partial charge in [0.2, 0.25) is 5.91 Å². The van der Waals surface area contributed by atoms with Crippen molar-refractivity contribution < 1.29 is 14.3 Å². The number of ether oxygens (including phenoxy) is 1. The van der Waals surface area contributed by atoms with Crippen molar-refractivity contribution in [2.45, 2.75) is 25.2 Å². The third-order valence-corrected chi connectivity index (χ3v) is 7.71. The Hall–Kier alpha value is -2.95. The van der Waals surface area contributed by atoms with E-state index in [0.29, 0.717) is 34.0 Å². The molecule has 4 rings (SSSR count). The van der Waals surface area contributed by atoms with E-state index in [1.807, 2.05) is 29.8 Å². The van der Waals surface area contributed by atoms with Crippen LogP contribution in [0.15, 0.2) is 57.1 Å². The molecule has 7 nitrogen and oxygen atoms in total. The Labute approximate surface area is 202 Å². The molecule has 0 fully saturated rings. The lowest BCUT2D eigenvalue weighted by atomic mass is 10.1. The van der Waals surface area contributed by atoms with Gasteiger partial charge in [0, 0.05) is 28.9 Å². The zero-order chi connectivity index (χ0) is 23.4. The third-order valence-electron chi connectivity index (χ3n) is 4.96. The van der Waals surface area contributed by atoms with Crippen LogP contribution in [0.4, 0.5) is 0 Å².